The molecular formula is C19H20N4O2. The van der Waals surface area contributed by atoms with Crippen LogP contribution in [0.5, 0.6) is 0 Å². The largest absolute Gasteiger partial charge is 0.324 e. The van der Waals surface area contributed by atoms with Crippen molar-refractivity contribution in [1.82, 2.24) is 14.2 Å². The van der Waals surface area contributed by atoms with E-state index >= 15 is 0 Å². The van der Waals surface area contributed by atoms with Crippen molar-refractivity contribution in [3.05, 3.63) is 63.8 Å². The fraction of sp³-hybridized carbons (Fsp3) is 0.316. The van der Waals surface area contributed by atoms with Crippen LogP contribution in [0.4, 0.5) is 5.69 Å². The molecule has 1 aliphatic rings. The summed E-state index contributed by atoms with van der Waals surface area (Å²) in [5.41, 5.74) is 4.28. The Hall–Kier alpha value is -2.89. The van der Waals surface area contributed by atoms with E-state index in [0.717, 1.165) is 48.2 Å². The number of benzene rings is 1. The highest BCUT2D eigenvalue weighted by Gasteiger charge is 2.20. The number of rotatable bonds is 3. The van der Waals surface area contributed by atoms with Crippen molar-refractivity contribution in [2.45, 2.75) is 39.2 Å². The molecule has 0 atom stereocenters. The minimum atomic E-state index is -0.214. The van der Waals surface area contributed by atoms with Crippen LogP contribution in [0.3, 0.4) is 0 Å². The average Bonchev–Trinajstić information content (AvgIpc) is 2.99. The molecule has 6 nitrogen and oxygen atoms in total. The van der Waals surface area contributed by atoms with Crippen LogP contribution in [-0.2, 0) is 24.2 Å². The van der Waals surface area contributed by atoms with Gasteiger partial charge in [-0.05, 0) is 44.2 Å². The minimum absolute atomic E-state index is 0.0103. The summed E-state index contributed by atoms with van der Waals surface area (Å²) >= 11 is 0. The number of hydrogen-bond donors (Lipinski definition) is 1. The number of hydrogen-bond acceptors (Lipinski definition) is 3. The zero-order valence-corrected chi connectivity index (χ0v) is 14.2. The summed E-state index contributed by atoms with van der Waals surface area (Å²) in [5.74, 6) is -0.214. The molecule has 3 aromatic rings. The molecule has 25 heavy (non-hydrogen) atoms. The predicted molar refractivity (Wildman–Crippen MR) is 95.9 cm³/mol. The molecule has 1 amide bonds. The van der Waals surface area contributed by atoms with Gasteiger partial charge < -0.3 is 9.88 Å². The van der Waals surface area contributed by atoms with Crippen molar-refractivity contribution in [1.29, 1.82) is 0 Å². The molecule has 128 valence electrons. The van der Waals surface area contributed by atoms with Gasteiger partial charge in [0.25, 0.3) is 5.56 Å². The molecule has 0 unspecified atom stereocenters. The first kappa shape index (κ1) is 15.6. The number of aromatic nitrogens is 3. The van der Waals surface area contributed by atoms with Gasteiger partial charge in [0.2, 0.25) is 5.91 Å². The van der Waals surface area contributed by atoms with Gasteiger partial charge in [0.05, 0.1) is 5.69 Å². The standard InChI is InChI=1S/C19H20N4O2/c1-13-6-2-4-8-15(13)20-17(24)12-22-10-11-23-18(19(22)25)14-7-3-5-9-16(14)21-23/h2,4,6,8,10-11H,3,5,7,9,12H2,1H3,(H,20,24). The second-order valence-electron chi connectivity index (χ2n) is 6.52. The normalized spacial score (nSPS) is 13.6. The highest BCUT2D eigenvalue weighted by molar-refractivity contribution is 5.91. The Kier molecular flexibility index (Phi) is 3.87. The molecule has 1 aliphatic carbocycles. The monoisotopic (exact) mass is 336 g/mol. The molecular weight excluding hydrogens is 316 g/mol. The van der Waals surface area contributed by atoms with Crippen LogP contribution in [0.25, 0.3) is 5.52 Å². The van der Waals surface area contributed by atoms with Crippen molar-refractivity contribution in [2.75, 3.05) is 5.32 Å². The second kappa shape index (κ2) is 6.20. The van der Waals surface area contributed by atoms with Crippen molar-refractivity contribution < 1.29 is 4.79 Å². The smallest absolute Gasteiger partial charge is 0.277 e. The maximum absolute atomic E-state index is 12.8. The molecule has 0 saturated heterocycles. The molecule has 0 radical (unpaired) electrons. The van der Waals surface area contributed by atoms with Crippen molar-refractivity contribution in [3.8, 4) is 0 Å². The van der Waals surface area contributed by atoms with Crippen LogP contribution < -0.4 is 10.9 Å². The molecule has 4 rings (SSSR count). The number of anilines is 1. The lowest BCUT2D eigenvalue weighted by Gasteiger charge is -2.10. The number of aryl methyl sites for hydroxylation is 3. The fourth-order valence-corrected chi connectivity index (χ4v) is 3.44. The Labute approximate surface area is 145 Å². The summed E-state index contributed by atoms with van der Waals surface area (Å²) in [6.07, 6.45) is 7.39. The van der Waals surface area contributed by atoms with E-state index in [1.165, 1.54) is 4.57 Å². The molecule has 0 spiro atoms. The Bertz CT molecular complexity index is 1020. The SMILES string of the molecule is Cc1ccccc1NC(=O)Cn1ccn2nc3c(c2c1=O)CCCC3. The molecule has 0 bridgehead atoms. The summed E-state index contributed by atoms with van der Waals surface area (Å²) in [4.78, 5) is 25.2. The number of amides is 1. The third-order valence-electron chi connectivity index (χ3n) is 4.77. The highest BCUT2D eigenvalue weighted by atomic mass is 16.2. The van der Waals surface area contributed by atoms with E-state index < -0.39 is 0 Å². The van der Waals surface area contributed by atoms with Gasteiger partial charge in [-0.25, -0.2) is 4.52 Å². The Morgan fingerprint density at radius 3 is 2.84 bits per heavy atom. The first-order chi connectivity index (χ1) is 12.1. The third-order valence-corrected chi connectivity index (χ3v) is 4.77. The van der Waals surface area contributed by atoms with Gasteiger partial charge in [0.15, 0.2) is 0 Å². The molecule has 1 N–H and O–H groups in total. The Morgan fingerprint density at radius 1 is 1.20 bits per heavy atom. The van der Waals surface area contributed by atoms with E-state index in [4.69, 9.17) is 0 Å². The van der Waals surface area contributed by atoms with Crippen molar-refractivity contribution in [2.24, 2.45) is 0 Å². The third kappa shape index (κ3) is 2.84. The van der Waals surface area contributed by atoms with E-state index in [1.54, 1.807) is 16.9 Å². The minimum Gasteiger partial charge on any atom is -0.324 e. The summed E-state index contributed by atoms with van der Waals surface area (Å²) < 4.78 is 3.12. The van der Waals surface area contributed by atoms with Crippen LogP contribution in [0.1, 0.15) is 29.7 Å². The molecule has 2 aromatic heterocycles. The number of carbonyl (C=O) groups excluding carboxylic acids is 1. The predicted octanol–water partition coefficient (Wildman–Crippen LogP) is 2.32. The Balaban J connectivity index is 1.63. The summed E-state index contributed by atoms with van der Waals surface area (Å²) in [5, 5.41) is 7.39. The Morgan fingerprint density at radius 2 is 2.00 bits per heavy atom. The van der Waals surface area contributed by atoms with E-state index in [9.17, 15) is 9.59 Å². The zero-order chi connectivity index (χ0) is 17.4. The topological polar surface area (TPSA) is 68.4 Å². The zero-order valence-electron chi connectivity index (χ0n) is 14.2. The average molecular weight is 336 g/mol. The number of nitrogens with zero attached hydrogens (tertiary/aromatic N) is 3. The number of carbonyl (C=O) groups is 1. The van der Waals surface area contributed by atoms with Gasteiger partial charge in [0.1, 0.15) is 12.1 Å². The fourth-order valence-electron chi connectivity index (χ4n) is 3.44. The van der Waals surface area contributed by atoms with Crippen LogP contribution in [0.2, 0.25) is 0 Å². The lowest BCUT2D eigenvalue weighted by Crippen LogP contribution is -2.28. The lowest BCUT2D eigenvalue weighted by molar-refractivity contribution is -0.116. The van der Waals surface area contributed by atoms with Crippen LogP contribution >= 0.6 is 0 Å². The first-order valence-electron chi connectivity index (χ1n) is 8.58. The maximum Gasteiger partial charge on any atom is 0.277 e. The van der Waals surface area contributed by atoms with Gasteiger partial charge in [-0.3, -0.25) is 9.59 Å². The molecule has 6 heteroatoms. The molecule has 2 heterocycles. The lowest BCUT2D eigenvalue weighted by atomic mass is 9.97. The second-order valence-corrected chi connectivity index (χ2v) is 6.52. The van der Waals surface area contributed by atoms with Crippen LogP contribution in [0.15, 0.2) is 41.5 Å². The van der Waals surface area contributed by atoms with Crippen LogP contribution in [-0.4, -0.2) is 20.1 Å². The van der Waals surface area contributed by atoms with Gasteiger partial charge in [-0.1, -0.05) is 18.2 Å². The maximum atomic E-state index is 12.8. The number of fused-ring (bicyclic) bond motifs is 3. The number of para-hydroxylation sites is 1. The molecule has 1 aromatic carbocycles. The molecule has 0 saturated carbocycles. The van der Waals surface area contributed by atoms with Gasteiger partial charge in [-0.15, -0.1) is 0 Å². The van der Waals surface area contributed by atoms with Gasteiger partial charge in [-0.2, -0.15) is 5.10 Å². The van der Waals surface area contributed by atoms with E-state index in [1.807, 2.05) is 31.2 Å². The summed E-state index contributed by atoms with van der Waals surface area (Å²) in [7, 11) is 0. The van der Waals surface area contributed by atoms with Crippen LogP contribution in [0, 0.1) is 6.92 Å². The summed E-state index contributed by atoms with van der Waals surface area (Å²) in [6.45, 7) is 1.93. The summed E-state index contributed by atoms with van der Waals surface area (Å²) in [6, 6.07) is 7.59. The molecule has 0 fully saturated rings. The van der Waals surface area contributed by atoms with Gasteiger partial charge in [0, 0.05) is 23.6 Å². The van der Waals surface area contributed by atoms with E-state index in [-0.39, 0.29) is 18.0 Å². The first-order valence-corrected chi connectivity index (χ1v) is 8.58. The quantitative estimate of drug-likeness (QED) is 0.798. The van der Waals surface area contributed by atoms with Crippen molar-refractivity contribution in [3.63, 3.8) is 0 Å². The number of nitrogens with one attached hydrogen (secondary N) is 1. The molecule has 0 aliphatic heterocycles. The van der Waals surface area contributed by atoms with Crippen molar-refractivity contribution >= 4 is 17.1 Å². The van der Waals surface area contributed by atoms with E-state index in [2.05, 4.69) is 10.4 Å². The highest BCUT2D eigenvalue weighted by Crippen LogP contribution is 2.22. The van der Waals surface area contributed by atoms with E-state index in [0.29, 0.717) is 5.52 Å². The van der Waals surface area contributed by atoms with Gasteiger partial charge >= 0.3 is 0 Å².